The van der Waals surface area contributed by atoms with Gasteiger partial charge in [-0.1, -0.05) is 37.3 Å². The Morgan fingerprint density at radius 1 is 1.25 bits per heavy atom. The van der Waals surface area contributed by atoms with Crippen LogP contribution >= 0.6 is 0 Å². The van der Waals surface area contributed by atoms with E-state index in [0.29, 0.717) is 12.0 Å². The van der Waals surface area contributed by atoms with Crippen molar-refractivity contribution in [2.75, 3.05) is 0 Å². The zero-order valence-electron chi connectivity index (χ0n) is 9.60. The van der Waals surface area contributed by atoms with Crippen molar-refractivity contribution in [3.05, 3.63) is 35.9 Å². The van der Waals surface area contributed by atoms with Crippen molar-refractivity contribution in [1.29, 1.82) is 0 Å². The molecular weight excluding hydrogens is 231 g/mol. The molecule has 0 aromatic heterocycles. The first-order chi connectivity index (χ1) is 7.15. The van der Waals surface area contributed by atoms with Crippen molar-refractivity contribution >= 4 is 11.8 Å². The van der Waals surface area contributed by atoms with Gasteiger partial charge in [0.15, 0.2) is 5.78 Å². The largest absolute Gasteiger partial charge is 1.00 e. The molecular formula is C12H13KO3. The van der Waals surface area contributed by atoms with Crippen LogP contribution in [0, 0.1) is 5.92 Å². The molecule has 80 valence electrons. The number of benzene rings is 1. The molecule has 0 aliphatic heterocycles. The Labute approximate surface area is 138 Å². The number of hydrogen-bond donors (Lipinski definition) is 0. The Bertz CT molecular complexity index is 349. The molecule has 0 N–H and O–H groups in total. The van der Waals surface area contributed by atoms with Gasteiger partial charge in [0.05, 0.1) is 0 Å². The predicted octanol–water partition coefficient (Wildman–Crippen LogP) is -1.96. The normalized spacial score (nSPS) is 11.3. The first kappa shape index (κ1) is 16.0. The number of carbonyl (C=O) groups excluding carboxylic acids is 2. The van der Waals surface area contributed by atoms with Gasteiger partial charge >= 0.3 is 51.4 Å². The summed E-state index contributed by atoms with van der Waals surface area (Å²) in [6, 6.07) is 8.73. The third kappa shape index (κ3) is 4.89. The second-order valence-electron chi connectivity index (χ2n) is 3.41. The summed E-state index contributed by atoms with van der Waals surface area (Å²) in [5, 5.41) is 10.4. The van der Waals surface area contributed by atoms with E-state index in [-0.39, 0.29) is 63.6 Å². The summed E-state index contributed by atoms with van der Waals surface area (Å²) in [7, 11) is 0. The van der Waals surface area contributed by atoms with Crippen molar-refractivity contribution in [2.24, 2.45) is 5.92 Å². The summed E-state index contributed by atoms with van der Waals surface area (Å²) >= 11 is 0. The van der Waals surface area contributed by atoms with Crippen molar-refractivity contribution in [3.63, 3.8) is 0 Å². The summed E-state index contributed by atoms with van der Waals surface area (Å²) in [6.45, 7) is 1.80. The van der Waals surface area contributed by atoms with E-state index in [1.165, 1.54) is 0 Å². The SMILES string of the molecule is CCC(CC(=O)[O-])C(=O)c1ccccc1.[K+]. The first-order valence-electron chi connectivity index (χ1n) is 4.94. The maximum Gasteiger partial charge on any atom is 1.00 e. The molecule has 0 bridgehead atoms. The van der Waals surface area contributed by atoms with Crippen molar-refractivity contribution in [1.82, 2.24) is 0 Å². The number of aliphatic carboxylic acids is 1. The molecule has 0 radical (unpaired) electrons. The third-order valence-electron chi connectivity index (χ3n) is 2.33. The Hall–Kier alpha value is -0.00364. The van der Waals surface area contributed by atoms with E-state index < -0.39 is 11.9 Å². The van der Waals surface area contributed by atoms with E-state index in [1.807, 2.05) is 6.07 Å². The van der Waals surface area contributed by atoms with Gasteiger partial charge in [-0.3, -0.25) is 4.79 Å². The van der Waals surface area contributed by atoms with Crippen molar-refractivity contribution in [3.8, 4) is 0 Å². The average molecular weight is 244 g/mol. The number of ketones is 1. The van der Waals surface area contributed by atoms with E-state index in [4.69, 9.17) is 0 Å². The quantitative estimate of drug-likeness (QED) is 0.446. The smallest absolute Gasteiger partial charge is 0.550 e. The van der Waals surface area contributed by atoms with Crippen LogP contribution in [0.2, 0.25) is 0 Å². The molecule has 0 amide bonds. The molecule has 0 aliphatic rings. The van der Waals surface area contributed by atoms with Crippen LogP contribution in [0.3, 0.4) is 0 Å². The van der Waals surface area contributed by atoms with E-state index >= 15 is 0 Å². The molecule has 1 aromatic rings. The van der Waals surface area contributed by atoms with Crippen LogP contribution in [0.4, 0.5) is 0 Å². The number of Topliss-reactive ketones (excluding diaryl/α,β-unsaturated/α-hetero) is 1. The minimum Gasteiger partial charge on any atom is -0.550 e. The van der Waals surface area contributed by atoms with Crippen LogP contribution in [0.25, 0.3) is 0 Å². The minimum absolute atomic E-state index is 0. The zero-order valence-corrected chi connectivity index (χ0v) is 12.7. The summed E-state index contributed by atoms with van der Waals surface area (Å²) in [6.07, 6.45) is 0.311. The number of carboxylic acids is 1. The Balaban J connectivity index is 0.00000225. The topological polar surface area (TPSA) is 57.2 Å². The standard InChI is InChI=1S/C12H14O3.K/c1-2-9(8-11(13)14)12(15)10-6-4-3-5-7-10;/h3-7,9H,2,8H2,1H3,(H,13,14);/q;+1/p-1. The average Bonchev–Trinajstić information content (AvgIpc) is 2.26. The minimum atomic E-state index is -1.17. The number of rotatable bonds is 5. The van der Waals surface area contributed by atoms with E-state index in [9.17, 15) is 14.7 Å². The van der Waals surface area contributed by atoms with Crippen LogP contribution in [0.15, 0.2) is 30.3 Å². The molecule has 16 heavy (non-hydrogen) atoms. The third-order valence-corrected chi connectivity index (χ3v) is 2.33. The van der Waals surface area contributed by atoms with Crippen LogP contribution in [0.5, 0.6) is 0 Å². The van der Waals surface area contributed by atoms with Gasteiger partial charge < -0.3 is 9.90 Å². The second kappa shape index (κ2) is 8.14. The molecule has 0 saturated carbocycles. The van der Waals surface area contributed by atoms with E-state index in [0.717, 1.165) is 0 Å². The Morgan fingerprint density at radius 2 is 1.81 bits per heavy atom. The predicted molar refractivity (Wildman–Crippen MR) is 54.2 cm³/mol. The molecule has 1 unspecified atom stereocenters. The molecule has 1 aromatic carbocycles. The first-order valence-corrected chi connectivity index (χ1v) is 4.94. The maximum absolute atomic E-state index is 11.8. The molecule has 0 heterocycles. The Kier molecular flexibility index (Phi) is 8.14. The summed E-state index contributed by atoms with van der Waals surface area (Å²) in [4.78, 5) is 22.3. The van der Waals surface area contributed by atoms with Crippen LogP contribution in [-0.4, -0.2) is 11.8 Å². The molecule has 0 saturated heterocycles. The van der Waals surface area contributed by atoms with Gasteiger partial charge in [-0.2, -0.15) is 0 Å². The Morgan fingerprint density at radius 3 is 2.25 bits per heavy atom. The molecule has 1 atom stereocenters. The van der Waals surface area contributed by atoms with Gasteiger partial charge in [0.2, 0.25) is 0 Å². The molecule has 1 rings (SSSR count). The fourth-order valence-electron chi connectivity index (χ4n) is 1.46. The monoisotopic (exact) mass is 244 g/mol. The van der Waals surface area contributed by atoms with Crippen molar-refractivity contribution in [2.45, 2.75) is 19.8 Å². The van der Waals surface area contributed by atoms with Crippen molar-refractivity contribution < 1.29 is 66.1 Å². The van der Waals surface area contributed by atoms with Gasteiger partial charge in [-0.05, 0) is 12.8 Å². The van der Waals surface area contributed by atoms with Gasteiger partial charge in [0.1, 0.15) is 0 Å². The van der Waals surface area contributed by atoms with E-state index in [1.54, 1.807) is 31.2 Å². The molecule has 0 aliphatic carbocycles. The summed E-state index contributed by atoms with van der Waals surface area (Å²) in [5.74, 6) is -1.77. The maximum atomic E-state index is 11.8. The van der Waals surface area contributed by atoms with Gasteiger partial charge in [0.25, 0.3) is 0 Å². The molecule has 0 spiro atoms. The van der Waals surface area contributed by atoms with Gasteiger partial charge in [-0.15, -0.1) is 0 Å². The number of carboxylic acid groups (broad SMARTS) is 1. The number of hydrogen-bond acceptors (Lipinski definition) is 3. The van der Waals surface area contributed by atoms with Crippen LogP contribution in [0.1, 0.15) is 30.1 Å². The van der Waals surface area contributed by atoms with Gasteiger partial charge in [-0.25, -0.2) is 0 Å². The molecule has 3 nitrogen and oxygen atoms in total. The second-order valence-corrected chi connectivity index (χ2v) is 3.41. The molecule has 4 heteroatoms. The zero-order chi connectivity index (χ0) is 11.3. The fraction of sp³-hybridized carbons (Fsp3) is 0.333. The number of carbonyl (C=O) groups is 2. The van der Waals surface area contributed by atoms with Crippen LogP contribution in [-0.2, 0) is 4.79 Å². The van der Waals surface area contributed by atoms with Crippen LogP contribution < -0.4 is 56.5 Å². The fourth-order valence-corrected chi connectivity index (χ4v) is 1.46. The summed E-state index contributed by atoms with van der Waals surface area (Å²) < 4.78 is 0. The summed E-state index contributed by atoms with van der Waals surface area (Å²) in [5.41, 5.74) is 0.561. The van der Waals surface area contributed by atoms with E-state index in [2.05, 4.69) is 0 Å². The molecule has 0 fully saturated rings. The van der Waals surface area contributed by atoms with Gasteiger partial charge in [0, 0.05) is 17.5 Å².